The predicted octanol–water partition coefficient (Wildman–Crippen LogP) is 1.86. The van der Waals surface area contributed by atoms with Crippen molar-refractivity contribution in [2.75, 3.05) is 0 Å². The first-order chi connectivity index (χ1) is 6.59. The Balaban J connectivity index is 2.91. The third-order valence-corrected chi connectivity index (χ3v) is 2.53. The number of hydrogen-bond acceptors (Lipinski definition) is 3. The van der Waals surface area contributed by atoms with E-state index in [2.05, 4.69) is 22.6 Å². The lowest BCUT2D eigenvalue weighted by molar-refractivity contribution is 0.0933. The fourth-order valence-corrected chi connectivity index (χ4v) is 1.75. The monoisotopic (exact) mass is 303 g/mol. The van der Waals surface area contributed by atoms with Gasteiger partial charge < -0.3 is 4.42 Å². The third kappa shape index (κ3) is 1.37. The molecule has 0 N–H and O–H groups in total. The fraction of sp³-hybridized carbons (Fsp3) is 0.111. The molecule has 1 aromatic heterocycles. The number of hydrogen-bond donors (Lipinski definition) is 0. The molecule has 0 saturated carbocycles. The molecule has 2 aromatic rings. The van der Waals surface area contributed by atoms with Crippen molar-refractivity contribution in [2.24, 2.45) is 0 Å². The smallest absolute Gasteiger partial charge is 0.407 e. The zero-order valence-electron chi connectivity index (χ0n) is 7.28. The first-order valence-electron chi connectivity index (χ1n) is 3.91. The van der Waals surface area contributed by atoms with Gasteiger partial charge in [-0.15, -0.1) is 0 Å². The van der Waals surface area contributed by atoms with Gasteiger partial charge in [0.15, 0.2) is 5.58 Å². The Bertz CT molecular complexity index is 567. The maximum absolute atomic E-state index is 11.3. The number of halogens is 1. The summed E-state index contributed by atoms with van der Waals surface area (Å²) in [5.41, 5.74) is 0.958. The molecule has 0 spiro atoms. The highest BCUT2D eigenvalue weighted by Crippen LogP contribution is 2.16. The van der Waals surface area contributed by atoms with Crippen molar-refractivity contribution >= 4 is 39.6 Å². The van der Waals surface area contributed by atoms with E-state index in [9.17, 15) is 9.59 Å². The molecule has 1 heterocycles. The number of fused-ring (bicyclic) bond motifs is 1. The van der Waals surface area contributed by atoms with Crippen LogP contribution in [0, 0.1) is 3.57 Å². The van der Waals surface area contributed by atoms with Crippen molar-refractivity contribution < 1.29 is 9.21 Å². The van der Waals surface area contributed by atoms with E-state index >= 15 is 0 Å². The van der Waals surface area contributed by atoms with Crippen molar-refractivity contribution in [1.82, 2.24) is 4.57 Å². The van der Waals surface area contributed by atoms with E-state index in [0.29, 0.717) is 11.1 Å². The van der Waals surface area contributed by atoms with Gasteiger partial charge in [0.1, 0.15) is 0 Å². The Kier molecular flexibility index (Phi) is 2.18. The van der Waals surface area contributed by atoms with Gasteiger partial charge in [0, 0.05) is 10.5 Å². The first-order valence-corrected chi connectivity index (χ1v) is 4.99. The molecule has 0 aliphatic carbocycles. The molecule has 0 aliphatic heterocycles. The van der Waals surface area contributed by atoms with Crippen LogP contribution in [0.4, 0.5) is 0 Å². The van der Waals surface area contributed by atoms with Crippen LogP contribution in [0.5, 0.6) is 0 Å². The van der Waals surface area contributed by atoms with Crippen LogP contribution in [0.25, 0.3) is 11.1 Å². The van der Waals surface area contributed by atoms with Gasteiger partial charge in [0.05, 0.1) is 5.52 Å². The van der Waals surface area contributed by atoms with Crippen molar-refractivity contribution in [2.45, 2.75) is 6.92 Å². The molecule has 0 fully saturated rings. The molecule has 5 heteroatoms. The van der Waals surface area contributed by atoms with Crippen molar-refractivity contribution in [3.8, 4) is 0 Å². The van der Waals surface area contributed by atoms with Crippen LogP contribution < -0.4 is 5.76 Å². The number of carbonyl (C=O) groups excluding carboxylic acids is 1. The molecular weight excluding hydrogens is 297 g/mol. The summed E-state index contributed by atoms with van der Waals surface area (Å²) in [5.74, 6) is -0.968. The highest BCUT2D eigenvalue weighted by atomic mass is 127. The summed E-state index contributed by atoms with van der Waals surface area (Å²) < 4.78 is 6.90. The number of nitrogens with zero attached hydrogens (tertiary/aromatic N) is 1. The Morgan fingerprint density at radius 2 is 2.21 bits per heavy atom. The molecule has 0 unspecified atom stereocenters. The standard InChI is InChI=1S/C9H6INO3/c1-5(12)11-7-3-2-6(10)4-8(7)14-9(11)13/h2-4H,1H3. The Labute approximate surface area is 92.7 Å². The summed E-state index contributed by atoms with van der Waals surface area (Å²) in [5, 5.41) is 0. The lowest BCUT2D eigenvalue weighted by atomic mass is 10.3. The molecule has 0 aliphatic rings. The molecular formula is C9H6INO3. The highest BCUT2D eigenvalue weighted by Gasteiger charge is 2.11. The quantitative estimate of drug-likeness (QED) is 0.698. The summed E-state index contributed by atoms with van der Waals surface area (Å²) >= 11 is 2.11. The summed E-state index contributed by atoms with van der Waals surface area (Å²) in [6.45, 7) is 1.33. The van der Waals surface area contributed by atoms with Gasteiger partial charge in [-0.25, -0.2) is 9.36 Å². The first kappa shape index (κ1) is 9.45. The van der Waals surface area contributed by atoms with E-state index in [1.807, 2.05) is 6.07 Å². The molecule has 0 bridgehead atoms. The topological polar surface area (TPSA) is 52.2 Å². The van der Waals surface area contributed by atoms with Crippen LogP contribution in [0.1, 0.15) is 11.7 Å². The van der Waals surface area contributed by atoms with Crippen LogP contribution in [-0.2, 0) is 0 Å². The average Bonchev–Trinajstić information content (AvgIpc) is 2.39. The van der Waals surface area contributed by atoms with Gasteiger partial charge in [-0.1, -0.05) is 0 Å². The Morgan fingerprint density at radius 1 is 1.50 bits per heavy atom. The second kappa shape index (κ2) is 3.23. The minimum absolute atomic E-state index is 0.338. The van der Waals surface area contributed by atoms with Crippen LogP contribution in [0.15, 0.2) is 27.4 Å². The molecule has 14 heavy (non-hydrogen) atoms. The summed E-state index contributed by atoms with van der Waals surface area (Å²) in [6.07, 6.45) is 0. The second-order valence-corrected chi connectivity index (χ2v) is 4.08. The molecule has 0 atom stereocenters. The van der Waals surface area contributed by atoms with Crippen LogP contribution in [0.3, 0.4) is 0 Å². The van der Waals surface area contributed by atoms with E-state index in [4.69, 9.17) is 4.42 Å². The number of aromatic nitrogens is 1. The average molecular weight is 303 g/mol. The van der Waals surface area contributed by atoms with Crippen molar-refractivity contribution in [3.05, 3.63) is 32.3 Å². The Morgan fingerprint density at radius 3 is 2.86 bits per heavy atom. The molecule has 1 aromatic carbocycles. The van der Waals surface area contributed by atoms with Gasteiger partial charge in [0.2, 0.25) is 5.91 Å². The normalized spacial score (nSPS) is 10.7. The van der Waals surface area contributed by atoms with Crippen molar-refractivity contribution in [3.63, 3.8) is 0 Å². The number of oxazole rings is 1. The summed E-state index contributed by atoms with van der Waals surface area (Å²) in [6, 6.07) is 5.23. The lowest BCUT2D eigenvalue weighted by Gasteiger charge is -1.93. The summed E-state index contributed by atoms with van der Waals surface area (Å²) in [4.78, 5) is 22.4. The molecule has 2 rings (SSSR count). The number of benzene rings is 1. The fourth-order valence-electron chi connectivity index (χ4n) is 1.29. The molecule has 4 nitrogen and oxygen atoms in total. The zero-order chi connectivity index (χ0) is 10.3. The van der Waals surface area contributed by atoms with Gasteiger partial charge in [0.25, 0.3) is 0 Å². The minimum Gasteiger partial charge on any atom is -0.407 e. The number of carbonyl (C=O) groups is 1. The van der Waals surface area contributed by atoms with Gasteiger partial charge in [-0.2, -0.15) is 0 Å². The predicted molar refractivity (Wildman–Crippen MR) is 59.5 cm³/mol. The number of rotatable bonds is 0. The minimum atomic E-state index is -0.630. The molecule has 72 valence electrons. The Hall–Kier alpha value is -1.11. The van der Waals surface area contributed by atoms with E-state index in [-0.39, 0.29) is 5.91 Å². The van der Waals surface area contributed by atoms with E-state index in [0.717, 1.165) is 8.14 Å². The molecule has 0 radical (unpaired) electrons. The van der Waals surface area contributed by atoms with Crippen molar-refractivity contribution in [1.29, 1.82) is 0 Å². The largest absolute Gasteiger partial charge is 0.426 e. The third-order valence-electron chi connectivity index (χ3n) is 1.86. The van der Waals surface area contributed by atoms with Gasteiger partial charge >= 0.3 is 5.76 Å². The second-order valence-electron chi connectivity index (χ2n) is 2.83. The van der Waals surface area contributed by atoms with Gasteiger partial charge in [-0.3, -0.25) is 4.79 Å². The van der Waals surface area contributed by atoms with Crippen LogP contribution in [0.2, 0.25) is 0 Å². The summed E-state index contributed by atoms with van der Waals surface area (Å²) in [7, 11) is 0. The highest BCUT2D eigenvalue weighted by molar-refractivity contribution is 14.1. The molecule has 0 saturated heterocycles. The van der Waals surface area contributed by atoms with Crippen LogP contribution in [-0.4, -0.2) is 10.5 Å². The SMILES string of the molecule is CC(=O)n1c(=O)oc2cc(I)ccc21. The lowest BCUT2D eigenvalue weighted by Crippen LogP contribution is -2.19. The maximum Gasteiger partial charge on any atom is 0.426 e. The maximum atomic E-state index is 11.3. The zero-order valence-corrected chi connectivity index (χ0v) is 9.44. The van der Waals surface area contributed by atoms with Crippen LogP contribution >= 0.6 is 22.6 Å². The van der Waals surface area contributed by atoms with E-state index in [1.165, 1.54) is 6.92 Å². The van der Waals surface area contributed by atoms with E-state index in [1.54, 1.807) is 12.1 Å². The van der Waals surface area contributed by atoms with E-state index < -0.39 is 5.76 Å². The molecule has 0 amide bonds. The van der Waals surface area contributed by atoms with Gasteiger partial charge in [-0.05, 0) is 40.8 Å².